The van der Waals surface area contributed by atoms with E-state index in [1.807, 2.05) is 30.3 Å². The molecule has 6 N–H and O–H groups in total. The fourth-order valence-corrected chi connectivity index (χ4v) is 1.20. The highest BCUT2D eigenvalue weighted by molar-refractivity contribution is 5.67. The van der Waals surface area contributed by atoms with E-state index >= 15 is 0 Å². The Morgan fingerprint density at radius 3 is 2.13 bits per heavy atom. The summed E-state index contributed by atoms with van der Waals surface area (Å²) in [5.74, 6) is 0.362. The van der Waals surface area contributed by atoms with Gasteiger partial charge in [0.1, 0.15) is 0 Å². The molecular weight excluding hydrogens is 196 g/mol. The minimum absolute atomic E-state index is 0. The van der Waals surface area contributed by atoms with E-state index in [2.05, 4.69) is 9.97 Å². The highest BCUT2D eigenvalue weighted by atomic mass is 16.0. The summed E-state index contributed by atoms with van der Waals surface area (Å²) in [5.41, 5.74) is 7.70. The smallest absolute Gasteiger partial charge is 0.371 e. The van der Waals surface area contributed by atoms with E-state index < -0.39 is 0 Å². The lowest BCUT2D eigenvalue weighted by molar-refractivity contribution is -0.396. The first-order chi connectivity index (χ1) is 6.31. The molecule has 0 spiro atoms. The monoisotopic (exact) mass is 206 g/mol. The third kappa shape index (κ3) is 2.17. The molecule has 2 aromatic rings. The van der Waals surface area contributed by atoms with Crippen molar-refractivity contribution in [1.29, 1.82) is 5.26 Å². The molecule has 2 rings (SSSR count). The molecule has 15 heavy (non-hydrogen) atoms. The number of nitrogens with two attached hydrogens (primary N) is 1. The number of anilines is 1. The molecule has 0 atom stereocenters. The van der Waals surface area contributed by atoms with E-state index in [1.165, 1.54) is 0 Å². The van der Waals surface area contributed by atoms with Crippen LogP contribution in [0.3, 0.4) is 0 Å². The average Bonchev–Trinajstić information content (AvgIpc) is 2.17. The van der Waals surface area contributed by atoms with Gasteiger partial charge in [0.05, 0.1) is 0 Å². The van der Waals surface area contributed by atoms with Crippen LogP contribution in [0, 0.1) is 11.3 Å². The van der Waals surface area contributed by atoms with Gasteiger partial charge >= 0.3 is 11.5 Å². The molecule has 0 amide bonds. The standard InChI is InChI=1S/C9H6N4.2H2O/c10-5-8-9(11)13-7-4-2-1-3-6(7)12-8;;/h1-4H,(H2,11,13);2*1H2. The molecule has 78 valence electrons. The normalized spacial score (nSPS) is 8.47. The number of nitrogens with zero attached hydrogens (tertiary/aromatic N) is 1. The molecule has 0 unspecified atom stereocenters. The number of aromatic nitrogens is 2. The Balaban J connectivity index is 0.000000980. The third-order valence-electron chi connectivity index (χ3n) is 1.84. The van der Waals surface area contributed by atoms with Crippen molar-refractivity contribution in [2.45, 2.75) is 0 Å². The van der Waals surface area contributed by atoms with E-state index in [-0.39, 0.29) is 11.0 Å². The number of hydrogen-bond donors (Lipinski definition) is 1. The Morgan fingerprint density at radius 2 is 1.60 bits per heavy atom. The highest BCUT2D eigenvalue weighted by Gasteiger charge is 2.15. The second-order valence-corrected chi connectivity index (χ2v) is 2.70. The second kappa shape index (κ2) is 4.85. The van der Waals surface area contributed by atoms with Gasteiger partial charge < -0.3 is 11.0 Å². The molecule has 0 saturated heterocycles. The lowest BCUT2D eigenvalue weighted by Crippen LogP contribution is -2.23. The van der Waals surface area contributed by atoms with Crippen LogP contribution >= 0.6 is 0 Å². The van der Waals surface area contributed by atoms with Gasteiger partial charge in [0.2, 0.25) is 0 Å². The van der Waals surface area contributed by atoms with E-state index in [0.29, 0.717) is 11.5 Å². The maximum Gasteiger partial charge on any atom is 0.371 e. The molecule has 0 saturated carbocycles. The van der Waals surface area contributed by atoms with Crippen LogP contribution in [0.1, 0.15) is 5.69 Å². The number of para-hydroxylation sites is 2. The van der Waals surface area contributed by atoms with Crippen molar-refractivity contribution >= 4 is 16.9 Å². The Labute approximate surface area is 85.6 Å². The Hall–Kier alpha value is -2.23. The van der Waals surface area contributed by atoms with Gasteiger partial charge in [-0.3, -0.25) is 5.73 Å². The van der Waals surface area contributed by atoms with Gasteiger partial charge in [-0.15, -0.1) is 0 Å². The number of benzene rings is 1. The van der Waals surface area contributed by atoms with Gasteiger partial charge in [0.25, 0.3) is 5.52 Å². The molecule has 0 bridgehead atoms. The summed E-state index contributed by atoms with van der Waals surface area (Å²) in [4.78, 5) is 5.86. The molecule has 6 heteroatoms. The van der Waals surface area contributed by atoms with Gasteiger partial charge in [-0.05, 0) is 6.07 Å². The van der Waals surface area contributed by atoms with Crippen molar-refractivity contribution < 1.29 is 20.9 Å². The van der Waals surface area contributed by atoms with Crippen LogP contribution in [-0.4, -0.2) is 11.0 Å². The van der Waals surface area contributed by atoms with Crippen LogP contribution in [-0.2, 0) is 0 Å². The molecular formula is C9H10N4O2. The number of nitriles is 1. The van der Waals surface area contributed by atoms with Crippen molar-refractivity contribution in [3.05, 3.63) is 30.0 Å². The number of rotatable bonds is 0. The van der Waals surface area contributed by atoms with E-state index in [9.17, 15) is 0 Å². The summed E-state index contributed by atoms with van der Waals surface area (Å²) in [6.07, 6.45) is 0. The molecule has 6 nitrogen and oxygen atoms in total. The van der Waals surface area contributed by atoms with Gasteiger partial charge in [0.15, 0.2) is 11.6 Å². The van der Waals surface area contributed by atoms with Gasteiger partial charge in [0, 0.05) is 6.07 Å². The van der Waals surface area contributed by atoms with Crippen LogP contribution in [0.15, 0.2) is 24.3 Å². The van der Waals surface area contributed by atoms with Crippen LogP contribution in [0.25, 0.3) is 11.0 Å². The minimum atomic E-state index is 0. The maximum absolute atomic E-state index is 8.70. The molecule has 0 aliphatic heterocycles. The maximum atomic E-state index is 8.70. The summed E-state index contributed by atoms with van der Waals surface area (Å²) < 4.78 is 0. The average molecular weight is 206 g/mol. The van der Waals surface area contributed by atoms with Crippen molar-refractivity contribution in [2.75, 3.05) is 5.73 Å². The molecule has 1 heterocycles. The van der Waals surface area contributed by atoms with E-state index in [0.717, 1.165) is 11.0 Å². The number of hydrogen-bond acceptors (Lipinski definition) is 4. The van der Waals surface area contributed by atoms with Gasteiger partial charge in [-0.2, -0.15) is 10.2 Å². The first-order valence-corrected chi connectivity index (χ1v) is 3.84. The van der Waals surface area contributed by atoms with Crippen LogP contribution in [0.5, 0.6) is 0 Å². The molecule has 1 aromatic carbocycles. The van der Waals surface area contributed by atoms with Gasteiger partial charge in [-0.25, -0.2) is 4.98 Å². The molecule has 0 aliphatic rings. The van der Waals surface area contributed by atoms with Crippen molar-refractivity contribution in [3.63, 3.8) is 0 Å². The summed E-state index contributed by atoms with van der Waals surface area (Å²) >= 11 is 0. The van der Waals surface area contributed by atoms with Crippen LogP contribution in [0.2, 0.25) is 0 Å². The Bertz CT molecular complexity index is 507. The molecule has 0 radical (unpaired) electrons. The predicted octanol–water partition coefficient (Wildman–Crippen LogP) is -0.432. The molecule has 1 aromatic heterocycles. The highest BCUT2D eigenvalue weighted by Crippen LogP contribution is 2.04. The lowest BCUT2D eigenvalue weighted by atomic mass is 10.3. The largest absolute Gasteiger partial charge is 0.870 e. The first kappa shape index (κ1) is 12.8. The first-order valence-electron chi connectivity index (χ1n) is 3.84. The van der Waals surface area contributed by atoms with E-state index in [4.69, 9.17) is 11.0 Å². The quantitative estimate of drug-likeness (QED) is 0.624. The number of fused-ring (bicyclic) bond motifs is 1. The minimum Gasteiger partial charge on any atom is -0.870 e. The topological polar surface area (TPSA) is 138 Å². The van der Waals surface area contributed by atoms with Gasteiger partial charge in [-0.1, -0.05) is 12.1 Å². The van der Waals surface area contributed by atoms with Crippen LogP contribution in [0.4, 0.5) is 5.82 Å². The fraction of sp³-hybridized carbons (Fsp3) is 0. The number of nitrogen functional groups attached to an aromatic ring is 1. The zero-order chi connectivity index (χ0) is 9.26. The number of aromatic amines is 2. The summed E-state index contributed by atoms with van der Waals surface area (Å²) in [6, 6.07) is 9.54. The summed E-state index contributed by atoms with van der Waals surface area (Å²) in [6.45, 7) is 0. The second-order valence-electron chi connectivity index (χ2n) is 2.70. The SMILES string of the molecule is N#Cc1[nH+]c2ccccc2[nH+]c1N.[OH-].[OH-]. The Morgan fingerprint density at radius 1 is 1.07 bits per heavy atom. The molecule has 0 aliphatic carbocycles. The predicted molar refractivity (Wildman–Crippen MR) is 50.1 cm³/mol. The number of H-pyrrole nitrogens is 2. The van der Waals surface area contributed by atoms with Crippen molar-refractivity contribution in [3.8, 4) is 6.07 Å². The van der Waals surface area contributed by atoms with Crippen molar-refractivity contribution in [1.82, 2.24) is 0 Å². The summed E-state index contributed by atoms with van der Waals surface area (Å²) in [7, 11) is 0. The Kier molecular flexibility index (Phi) is 4.13. The number of nitrogens with one attached hydrogen (secondary N) is 2. The zero-order valence-corrected chi connectivity index (χ0v) is 7.73. The zero-order valence-electron chi connectivity index (χ0n) is 7.73. The fourth-order valence-electron chi connectivity index (χ4n) is 1.20. The van der Waals surface area contributed by atoms with E-state index in [1.54, 1.807) is 0 Å². The van der Waals surface area contributed by atoms with Crippen LogP contribution < -0.4 is 15.7 Å². The lowest BCUT2D eigenvalue weighted by Gasteiger charge is -1.88. The summed E-state index contributed by atoms with van der Waals surface area (Å²) in [5, 5.41) is 8.70. The molecule has 0 fully saturated rings. The van der Waals surface area contributed by atoms with Crippen molar-refractivity contribution in [2.24, 2.45) is 0 Å². The third-order valence-corrected chi connectivity index (χ3v) is 1.84.